The van der Waals surface area contributed by atoms with Crippen LogP contribution >= 0.6 is 0 Å². The number of esters is 1. The van der Waals surface area contributed by atoms with Gasteiger partial charge in [0.05, 0.1) is 0 Å². The van der Waals surface area contributed by atoms with E-state index < -0.39 is 0 Å². The zero-order valence-corrected chi connectivity index (χ0v) is 9.20. The molecule has 0 aromatic rings. The van der Waals surface area contributed by atoms with E-state index in [2.05, 4.69) is 0 Å². The van der Waals surface area contributed by atoms with Gasteiger partial charge in [-0.2, -0.15) is 0 Å². The van der Waals surface area contributed by atoms with Gasteiger partial charge in [0.2, 0.25) is 0 Å². The fourth-order valence-corrected chi connectivity index (χ4v) is 3.05. The van der Waals surface area contributed by atoms with Crippen molar-refractivity contribution < 1.29 is 14.3 Å². The van der Waals surface area contributed by atoms with Crippen molar-refractivity contribution in [3.63, 3.8) is 0 Å². The summed E-state index contributed by atoms with van der Waals surface area (Å²) in [6, 6.07) is 0. The highest BCUT2D eigenvalue weighted by atomic mass is 16.5. The highest BCUT2D eigenvalue weighted by Gasteiger charge is 2.41. The summed E-state index contributed by atoms with van der Waals surface area (Å²) in [5, 5.41) is 0. The molecule has 0 saturated heterocycles. The van der Waals surface area contributed by atoms with Crippen molar-refractivity contribution in [2.45, 2.75) is 51.6 Å². The second-order valence-corrected chi connectivity index (χ2v) is 4.71. The quantitative estimate of drug-likeness (QED) is 0.622. The standard InChI is InChI=1S/C12H18O3/c1-8(13)15-12-7-6-11(14)9-4-2-3-5-10(9)12/h9-10,12H,2-7H2,1H3/t9-,10-,12+/m0/s1. The molecule has 0 bridgehead atoms. The minimum absolute atomic E-state index is 0.00509. The summed E-state index contributed by atoms with van der Waals surface area (Å²) in [4.78, 5) is 22.7. The van der Waals surface area contributed by atoms with Crippen molar-refractivity contribution in [1.82, 2.24) is 0 Å². The average Bonchev–Trinajstić information content (AvgIpc) is 2.22. The molecule has 0 N–H and O–H groups in total. The third kappa shape index (κ3) is 2.21. The van der Waals surface area contributed by atoms with Gasteiger partial charge in [0.1, 0.15) is 11.9 Å². The molecule has 3 atom stereocenters. The van der Waals surface area contributed by atoms with Gasteiger partial charge < -0.3 is 4.74 Å². The molecule has 0 aliphatic heterocycles. The Morgan fingerprint density at radius 2 is 2.00 bits per heavy atom. The SMILES string of the molecule is CC(=O)O[C@@H]1CCC(=O)[C@H]2CCCC[C@@H]21. The second kappa shape index (κ2) is 4.33. The summed E-state index contributed by atoms with van der Waals surface area (Å²) in [6.45, 7) is 1.45. The van der Waals surface area contributed by atoms with Crippen molar-refractivity contribution in [2.75, 3.05) is 0 Å². The Labute approximate surface area is 90.2 Å². The maximum Gasteiger partial charge on any atom is 0.302 e. The number of ketones is 1. The van der Waals surface area contributed by atoms with Crippen LogP contribution in [0.2, 0.25) is 0 Å². The van der Waals surface area contributed by atoms with E-state index in [0.29, 0.717) is 18.1 Å². The summed E-state index contributed by atoms with van der Waals surface area (Å²) in [5.74, 6) is 0.669. The average molecular weight is 210 g/mol. The van der Waals surface area contributed by atoms with Gasteiger partial charge in [0.15, 0.2) is 0 Å². The van der Waals surface area contributed by atoms with Crippen molar-refractivity contribution in [2.24, 2.45) is 11.8 Å². The molecule has 3 nitrogen and oxygen atoms in total. The van der Waals surface area contributed by atoms with Crippen molar-refractivity contribution >= 4 is 11.8 Å². The second-order valence-electron chi connectivity index (χ2n) is 4.71. The van der Waals surface area contributed by atoms with E-state index in [4.69, 9.17) is 4.74 Å². The van der Waals surface area contributed by atoms with Crippen molar-refractivity contribution in [3.8, 4) is 0 Å². The van der Waals surface area contributed by atoms with E-state index in [1.165, 1.54) is 13.3 Å². The first kappa shape index (κ1) is 10.7. The number of rotatable bonds is 1. The Balaban J connectivity index is 2.06. The lowest BCUT2D eigenvalue weighted by molar-refractivity contribution is -0.157. The number of fused-ring (bicyclic) bond motifs is 1. The molecular weight excluding hydrogens is 192 g/mol. The fourth-order valence-electron chi connectivity index (χ4n) is 3.05. The molecule has 15 heavy (non-hydrogen) atoms. The Morgan fingerprint density at radius 1 is 1.27 bits per heavy atom. The molecule has 84 valence electrons. The molecule has 0 amide bonds. The number of carbonyl (C=O) groups is 2. The molecule has 2 aliphatic carbocycles. The monoisotopic (exact) mass is 210 g/mol. The third-order valence-electron chi connectivity index (χ3n) is 3.70. The van der Waals surface area contributed by atoms with E-state index >= 15 is 0 Å². The van der Waals surface area contributed by atoms with Crippen LogP contribution in [-0.4, -0.2) is 17.9 Å². The maximum atomic E-state index is 11.7. The molecule has 2 aliphatic rings. The van der Waals surface area contributed by atoms with Gasteiger partial charge in [-0.1, -0.05) is 12.8 Å². The molecule has 0 unspecified atom stereocenters. The van der Waals surface area contributed by atoms with Crippen molar-refractivity contribution in [1.29, 1.82) is 0 Å². The lowest BCUT2D eigenvalue weighted by Gasteiger charge is -2.39. The number of ether oxygens (including phenoxy) is 1. The van der Waals surface area contributed by atoms with Gasteiger partial charge in [0.25, 0.3) is 0 Å². The molecule has 2 fully saturated rings. The Kier molecular flexibility index (Phi) is 3.08. The van der Waals surface area contributed by atoms with Gasteiger partial charge in [-0.25, -0.2) is 0 Å². The Hall–Kier alpha value is -0.860. The van der Waals surface area contributed by atoms with Gasteiger partial charge in [-0.15, -0.1) is 0 Å². The summed E-state index contributed by atoms with van der Waals surface area (Å²) in [7, 11) is 0. The van der Waals surface area contributed by atoms with Crippen LogP contribution in [0.25, 0.3) is 0 Å². The summed E-state index contributed by atoms with van der Waals surface area (Å²) in [6.07, 6.45) is 5.71. The number of Topliss-reactive ketones (excluding diaryl/α,β-unsaturated/α-hetero) is 1. The first-order valence-electron chi connectivity index (χ1n) is 5.88. The van der Waals surface area contributed by atoms with Crippen LogP contribution in [0.15, 0.2) is 0 Å². The molecular formula is C12H18O3. The van der Waals surface area contributed by atoms with E-state index in [0.717, 1.165) is 25.7 Å². The smallest absolute Gasteiger partial charge is 0.302 e. The fraction of sp³-hybridized carbons (Fsp3) is 0.833. The van der Waals surface area contributed by atoms with Crippen LogP contribution < -0.4 is 0 Å². The zero-order valence-electron chi connectivity index (χ0n) is 9.20. The zero-order chi connectivity index (χ0) is 10.8. The highest BCUT2D eigenvalue weighted by molar-refractivity contribution is 5.82. The highest BCUT2D eigenvalue weighted by Crippen LogP contribution is 2.39. The van der Waals surface area contributed by atoms with Gasteiger partial charge >= 0.3 is 5.97 Å². The van der Waals surface area contributed by atoms with E-state index in [-0.39, 0.29) is 18.0 Å². The van der Waals surface area contributed by atoms with Gasteiger partial charge in [-0.05, 0) is 19.3 Å². The molecule has 0 spiro atoms. The number of hydrogen-bond acceptors (Lipinski definition) is 3. The van der Waals surface area contributed by atoms with Gasteiger partial charge in [-0.3, -0.25) is 9.59 Å². The summed E-state index contributed by atoms with van der Waals surface area (Å²) in [5.41, 5.74) is 0. The Bertz CT molecular complexity index is 272. The molecule has 0 heterocycles. The van der Waals surface area contributed by atoms with Crippen LogP contribution in [0.4, 0.5) is 0 Å². The first-order chi connectivity index (χ1) is 7.18. The predicted octanol–water partition coefficient (Wildman–Crippen LogP) is 2.09. The molecule has 0 radical (unpaired) electrons. The van der Waals surface area contributed by atoms with Crippen molar-refractivity contribution in [3.05, 3.63) is 0 Å². The molecule has 0 aromatic heterocycles. The van der Waals surface area contributed by atoms with E-state index in [1.807, 2.05) is 0 Å². The molecule has 3 heteroatoms. The molecule has 0 aromatic carbocycles. The van der Waals surface area contributed by atoms with Crippen LogP contribution in [0, 0.1) is 11.8 Å². The largest absolute Gasteiger partial charge is 0.462 e. The Morgan fingerprint density at radius 3 is 2.73 bits per heavy atom. The van der Waals surface area contributed by atoms with Crippen LogP contribution in [-0.2, 0) is 14.3 Å². The molecule has 2 saturated carbocycles. The summed E-state index contributed by atoms with van der Waals surface area (Å²) >= 11 is 0. The van der Waals surface area contributed by atoms with E-state index in [9.17, 15) is 9.59 Å². The number of carbonyl (C=O) groups excluding carboxylic acids is 2. The lowest BCUT2D eigenvalue weighted by Crippen LogP contribution is -2.42. The minimum atomic E-state index is -0.210. The summed E-state index contributed by atoms with van der Waals surface area (Å²) < 4.78 is 5.32. The molecule has 2 rings (SSSR count). The maximum absolute atomic E-state index is 11.7. The van der Waals surface area contributed by atoms with Crippen LogP contribution in [0.1, 0.15) is 45.4 Å². The first-order valence-corrected chi connectivity index (χ1v) is 5.88. The number of hydrogen-bond donors (Lipinski definition) is 0. The van der Waals surface area contributed by atoms with Gasteiger partial charge in [0, 0.05) is 25.2 Å². The van der Waals surface area contributed by atoms with Crippen LogP contribution in [0.3, 0.4) is 0 Å². The van der Waals surface area contributed by atoms with Crippen LogP contribution in [0.5, 0.6) is 0 Å². The van der Waals surface area contributed by atoms with E-state index in [1.54, 1.807) is 0 Å². The lowest BCUT2D eigenvalue weighted by atomic mass is 9.69. The minimum Gasteiger partial charge on any atom is -0.462 e. The topological polar surface area (TPSA) is 43.4 Å². The normalized spacial score (nSPS) is 35.8. The predicted molar refractivity (Wildman–Crippen MR) is 55.2 cm³/mol. The third-order valence-corrected chi connectivity index (χ3v) is 3.70.